The zero-order chi connectivity index (χ0) is 42.7. The van der Waals surface area contributed by atoms with Gasteiger partial charge in [-0.15, -0.1) is 0 Å². The van der Waals surface area contributed by atoms with Crippen molar-refractivity contribution in [2.45, 2.75) is 329 Å². The normalized spacial score (nSPS) is 12.0. The van der Waals surface area contributed by atoms with Gasteiger partial charge in [-0.05, 0) is 31.1 Å². The summed E-state index contributed by atoms with van der Waals surface area (Å²) in [6.07, 6.45) is 66.3. The molecule has 0 amide bonds. The minimum atomic E-state index is -2.66. The lowest BCUT2D eigenvalue weighted by Gasteiger charge is -2.22. The van der Waals surface area contributed by atoms with Crippen molar-refractivity contribution in [2.75, 3.05) is 19.8 Å². The van der Waals surface area contributed by atoms with Crippen molar-refractivity contribution in [3.8, 4) is 0 Å². The lowest BCUT2D eigenvalue weighted by Crippen LogP contribution is -2.04. The first-order valence-corrected chi connectivity index (χ1v) is 30.3. The van der Waals surface area contributed by atoms with E-state index in [1.54, 1.807) is 0 Å². The molecule has 0 radical (unpaired) electrons. The maximum atomic E-state index is 6.29. The van der Waals surface area contributed by atoms with Crippen LogP contribution >= 0.6 is 6.72 Å². The second-order valence-corrected chi connectivity index (χ2v) is 21.9. The highest BCUT2D eigenvalue weighted by Crippen LogP contribution is 2.50. The number of hydrogen-bond acceptors (Lipinski definition) is 4. The highest BCUT2D eigenvalue weighted by molar-refractivity contribution is 8.07. The van der Waals surface area contributed by atoms with Crippen LogP contribution in [0.25, 0.3) is 0 Å². The Hall–Kier alpha value is 0.530. The molecule has 0 aliphatic carbocycles. The molecular weight excluding hydrogens is 760 g/mol. The van der Waals surface area contributed by atoms with Crippen molar-refractivity contribution < 1.29 is 13.6 Å². The van der Waals surface area contributed by atoms with Gasteiger partial charge in [-0.1, -0.05) is 310 Å². The van der Waals surface area contributed by atoms with Crippen LogP contribution in [0.2, 0.25) is 0 Å². The summed E-state index contributed by atoms with van der Waals surface area (Å²) >= 11 is 5.98. The van der Waals surface area contributed by atoms with Crippen LogP contribution in [-0.2, 0) is 25.4 Å². The Balaban J connectivity index is 4.08. The van der Waals surface area contributed by atoms with Gasteiger partial charge in [-0.2, -0.15) is 0 Å². The van der Waals surface area contributed by atoms with Gasteiger partial charge in [0, 0.05) is 0 Å². The SMILES string of the molecule is CCCCCCCCCCCCCCCCCCOP(=S)(OCCCCCCCCCCCCCCCCCC)OCCCCCCCCCCCCCCCCCC. The van der Waals surface area contributed by atoms with Crippen LogP contribution in [0, 0.1) is 0 Å². The van der Waals surface area contributed by atoms with Gasteiger partial charge < -0.3 is 13.6 Å². The van der Waals surface area contributed by atoms with Crippen LogP contribution in [0.15, 0.2) is 0 Å². The van der Waals surface area contributed by atoms with Gasteiger partial charge in [0.05, 0.1) is 19.8 Å². The Bertz CT molecular complexity index is 694. The fourth-order valence-electron chi connectivity index (χ4n) is 8.59. The van der Waals surface area contributed by atoms with E-state index in [0.717, 1.165) is 19.3 Å². The van der Waals surface area contributed by atoms with Gasteiger partial charge in [-0.25, -0.2) is 0 Å². The van der Waals surface area contributed by atoms with Gasteiger partial charge in [-0.3, -0.25) is 0 Å². The van der Waals surface area contributed by atoms with Crippen molar-refractivity contribution in [2.24, 2.45) is 0 Å². The van der Waals surface area contributed by atoms with E-state index in [2.05, 4.69) is 20.8 Å². The maximum absolute atomic E-state index is 6.29. The Kier molecular flexibility index (Phi) is 53.3. The standard InChI is InChI=1S/C54H111O3PS/c1-4-7-10-13-16-19-22-25-28-31-34-37-40-43-46-49-52-55-58(59,56-53-50-47-44-41-38-35-32-29-26-23-20-17-14-11-8-5-2)57-54-51-48-45-42-39-36-33-30-27-24-21-18-15-12-9-6-3/h4-54H2,1-3H3. The van der Waals surface area contributed by atoms with Gasteiger partial charge >= 0.3 is 6.72 Å². The summed E-state index contributed by atoms with van der Waals surface area (Å²) in [6.45, 7) is 6.32. The van der Waals surface area contributed by atoms with E-state index in [4.69, 9.17) is 25.4 Å². The third-order valence-corrected chi connectivity index (χ3v) is 15.2. The fourth-order valence-corrected chi connectivity index (χ4v) is 10.5. The van der Waals surface area contributed by atoms with E-state index in [-0.39, 0.29) is 0 Å². The monoisotopic (exact) mass is 871 g/mol. The molecule has 0 saturated heterocycles. The molecule has 0 aromatic carbocycles. The van der Waals surface area contributed by atoms with Crippen molar-refractivity contribution in [1.29, 1.82) is 0 Å². The molecular formula is C54H111O3PS. The van der Waals surface area contributed by atoms with E-state index in [9.17, 15) is 0 Å². The average molecular weight is 872 g/mol. The van der Waals surface area contributed by atoms with E-state index in [1.165, 1.54) is 289 Å². The molecule has 0 atom stereocenters. The quantitative estimate of drug-likeness (QED) is 0.0450. The van der Waals surface area contributed by atoms with Crippen molar-refractivity contribution in [3.63, 3.8) is 0 Å². The molecule has 0 fully saturated rings. The first-order valence-electron chi connectivity index (χ1n) is 27.7. The Morgan fingerprint density at radius 3 is 0.458 bits per heavy atom. The zero-order valence-electron chi connectivity index (χ0n) is 41.1. The predicted molar refractivity (Wildman–Crippen MR) is 271 cm³/mol. The number of unbranched alkanes of at least 4 members (excludes halogenated alkanes) is 45. The summed E-state index contributed by atoms with van der Waals surface area (Å²) in [6, 6.07) is 0. The molecule has 0 N–H and O–H groups in total. The molecule has 0 rings (SSSR count). The number of hydrogen-bond donors (Lipinski definition) is 0. The summed E-state index contributed by atoms with van der Waals surface area (Å²) in [4.78, 5) is 0. The van der Waals surface area contributed by atoms with Crippen molar-refractivity contribution in [1.82, 2.24) is 0 Å². The average Bonchev–Trinajstić information content (AvgIpc) is 3.24. The second kappa shape index (κ2) is 52.9. The van der Waals surface area contributed by atoms with Crippen molar-refractivity contribution in [3.05, 3.63) is 0 Å². The highest BCUT2D eigenvalue weighted by atomic mass is 32.5. The molecule has 0 aliphatic rings. The third kappa shape index (κ3) is 51.0. The summed E-state index contributed by atoms with van der Waals surface area (Å²) in [7, 11) is 0. The summed E-state index contributed by atoms with van der Waals surface area (Å²) in [5, 5.41) is 0. The molecule has 0 bridgehead atoms. The third-order valence-electron chi connectivity index (χ3n) is 12.7. The van der Waals surface area contributed by atoms with Crippen LogP contribution in [0.4, 0.5) is 0 Å². The van der Waals surface area contributed by atoms with Crippen LogP contribution in [0.1, 0.15) is 329 Å². The van der Waals surface area contributed by atoms with Gasteiger partial charge in [0.15, 0.2) is 0 Å². The van der Waals surface area contributed by atoms with Gasteiger partial charge in [0.1, 0.15) is 0 Å². The van der Waals surface area contributed by atoms with E-state index in [1.807, 2.05) is 0 Å². The second-order valence-electron chi connectivity index (χ2n) is 18.9. The molecule has 0 spiro atoms. The lowest BCUT2D eigenvalue weighted by molar-refractivity contribution is 0.150. The fraction of sp³-hybridized carbons (Fsp3) is 1.00. The zero-order valence-corrected chi connectivity index (χ0v) is 42.9. The highest BCUT2D eigenvalue weighted by Gasteiger charge is 2.20. The van der Waals surface area contributed by atoms with Crippen molar-refractivity contribution >= 4 is 18.5 Å². The van der Waals surface area contributed by atoms with E-state index < -0.39 is 6.72 Å². The summed E-state index contributed by atoms with van der Waals surface area (Å²) in [5.41, 5.74) is 0. The molecule has 0 unspecified atom stereocenters. The van der Waals surface area contributed by atoms with Crippen LogP contribution < -0.4 is 0 Å². The molecule has 3 nitrogen and oxygen atoms in total. The largest absolute Gasteiger partial charge is 0.327 e. The molecule has 0 aliphatic heterocycles. The first kappa shape index (κ1) is 59.5. The van der Waals surface area contributed by atoms with E-state index >= 15 is 0 Å². The van der Waals surface area contributed by atoms with Gasteiger partial charge in [0.2, 0.25) is 0 Å². The Labute approximate surface area is 379 Å². The maximum Gasteiger partial charge on any atom is 0.327 e. The Morgan fingerprint density at radius 2 is 0.322 bits per heavy atom. The molecule has 59 heavy (non-hydrogen) atoms. The molecule has 0 heterocycles. The molecule has 0 aromatic heterocycles. The molecule has 5 heteroatoms. The topological polar surface area (TPSA) is 27.7 Å². The smallest absolute Gasteiger partial charge is 0.309 e. The number of rotatable bonds is 54. The molecule has 0 aromatic rings. The minimum Gasteiger partial charge on any atom is -0.309 e. The van der Waals surface area contributed by atoms with Crippen LogP contribution in [0.5, 0.6) is 0 Å². The lowest BCUT2D eigenvalue weighted by atomic mass is 10.0. The summed E-state index contributed by atoms with van der Waals surface area (Å²) in [5.74, 6) is 0. The van der Waals surface area contributed by atoms with E-state index in [0.29, 0.717) is 19.8 Å². The molecule has 0 saturated carbocycles. The minimum absolute atomic E-state index is 0.688. The van der Waals surface area contributed by atoms with Gasteiger partial charge in [0.25, 0.3) is 0 Å². The van der Waals surface area contributed by atoms with Crippen LogP contribution in [-0.4, -0.2) is 19.8 Å². The first-order chi connectivity index (χ1) is 29.2. The predicted octanol–water partition coefficient (Wildman–Crippen LogP) is 21.0. The summed E-state index contributed by atoms with van der Waals surface area (Å²) < 4.78 is 18.9. The Morgan fingerprint density at radius 1 is 0.203 bits per heavy atom. The van der Waals surface area contributed by atoms with Crippen LogP contribution in [0.3, 0.4) is 0 Å². The molecule has 356 valence electrons.